The van der Waals surface area contributed by atoms with Crippen molar-refractivity contribution in [2.75, 3.05) is 7.11 Å². The van der Waals surface area contributed by atoms with Gasteiger partial charge in [-0.05, 0) is 41.0 Å². The zero-order valence-corrected chi connectivity index (χ0v) is 15.3. The number of amides is 1. The molecule has 11 heteroatoms. The normalized spacial score (nSPS) is 11.8. The number of ether oxygens (including phenoxy) is 1. The second-order valence-corrected chi connectivity index (χ2v) is 6.16. The van der Waals surface area contributed by atoms with Crippen molar-refractivity contribution in [2.45, 2.75) is 25.3 Å². The van der Waals surface area contributed by atoms with Crippen molar-refractivity contribution in [3.63, 3.8) is 0 Å². The van der Waals surface area contributed by atoms with Crippen molar-refractivity contribution in [1.29, 1.82) is 0 Å². The lowest BCUT2D eigenvalue weighted by molar-refractivity contribution is -0.173. The Kier molecular flexibility index (Phi) is 6.63. The van der Waals surface area contributed by atoms with E-state index in [1.165, 1.54) is 25.3 Å². The summed E-state index contributed by atoms with van der Waals surface area (Å²) in [7, 11) is 1.27. The maximum atomic E-state index is 13.1. The van der Waals surface area contributed by atoms with Crippen molar-refractivity contribution >= 4 is 11.9 Å². The van der Waals surface area contributed by atoms with Crippen LogP contribution in [0.5, 0.6) is 5.75 Å². The molecule has 5 nitrogen and oxygen atoms in total. The van der Waals surface area contributed by atoms with Gasteiger partial charge in [0.2, 0.25) is 0 Å². The molecule has 2 aromatic carbocycles. The van der Waals surface area contributed by atoms with Gasteiger partial charge >= 0.3 is 24.2 Å². The molecule has 0 aromatic heterocycles. The number of aliphatic carboxylic acids is 1. The topological polar surface area (TPSA) is 75.6 Å². The van der Waals surface area contributed by atoms with Gasteiger partial charge < -0.3 is 15.2 Å². The summed E-state index contributed by atoms with van der Waals surface area (Å²) in [5, 5.41) is 10.5. The van der Waals surface area contributed by atoms with E-state index in [2.05, 4.69) is 0 Å². The Morgan fingerprint density at radius 2 is 1.67 bits per heavy atom. The number of nitrogens with one attached hydrogen (secondary N) is 1. The molecule has 0 spiro atoms. The summed E-state index contributed by atoms with van der Waals surface area (Å²) in [5.74, 6) is -3.30. The maximum Gasteiger partial charge on any atom is 0.471 e. The quantitative estimate of drug-likeness (QED) is 0.668. The van der Waals surface area contributed by atoms with Gasteiger partial charge in [0.15, 0.2) is 0 Å². The van der Waals surface area contributed by atoms with E-state index in [0.29, 0.717) is 11.6 Å². The standard InChI is InChI=1S/C19H15F6NO4/c1-30-15-5-2-10(7-16(27)28)6-14(15)13-4-3-12(18(20,21)22)8-11(13)9-26-17(29)19(23,24)25/h2-6,8H,7,9H2,1H3,(H,26,29)(H,27,28). The van der Waals surface area contributed by atoms with Gasteiger partial charge in [0.25, 0.3) is 0 Å². The van der Waals surface area contributed by atoms with Gasteiger partial charge in [-0.3, -0.25) is 9.59 Å². The first kappa shape index (κ1) is 23.0. The molecule has 0 saturated heterocycles. The first-order valence-electron chi connectivity index (χ1n) is 8.27. The minimum atomic E-state index is -5.21. The van der Waals surface area contributed by atoms with Gasteiger partial charge in [0, 0.05) is 12.1 Å². The minimum absolute atomic E-state index is 0.0505. The number of carbonyl (C=O) groups excluding carboxylic acids is 1. The molecule has 0 bridgehead atoms. The molecule has 0 aliphatic rings. The second kappa shape index (κ2) is 8.64. The van der Waals surface area contributed by atoms with Crippen LogP contribution in [0.4, 0.5) is 26.3 Å². The Labute approximate surface area is 166 Å². The van der Waals surface area contributed by atoms with E-state index in [1.807, 2.05) is 0 Å². The summed E-state index contributed by atoms with van der Waals surface area (Å²) in [6.07, 6.45) is -10.4. The Morgan fingerprint density at radius 1 is 1.00 bits per heavy atom. The highest BCUT2D eigenvalue weighted by Gasteiger charge is 2.38. The summed E-state index contributed by atoms with van der Waals surface area (Å²) < 4.78 is 81.8. The van der Waals surface area contributed by atoms with E-state index in [4.69, 9.17) is 9.84 Å². The third-order valence-electron chi connectivity index (χ3n) is 4.04. The van der Waals surface area contributed by atoms with E-state index in [1.54, 1.807) is 5.32 Å². The third-order valence-corrected chi connectivity index (χ3v) is 4.04. The smallest absolute Gasteiger partial charge is 0.471 e. The molecule has 0 unspecified atom stereocenters. The summed E-state index contributed by atoms with van der Waals surface area (Å²) in [6, 6.07) is 6.56. The molecule has 0 heterocycles. The van der Waals surface area contributed by atoms with Gasteiger partial charge in [-0.15, -0.1) is 0 Å². The average molecular weight is 435 g/mol. The van der Waals surface area contributed by atoms with E-state index >= 15 is 0 Å². The lowest BCUT2D eigenvalue weighted by Gasteiger charge is -2.17. The van der Waals surface area contributed by atoms with Crippen LogP contribution in [-0.2, 0) is 28.7 Å². The van der Waals surface area contributed by atoms with E-state index < -0.39 is 42.8 Å². The molecule has 162 valence electrons. The fourth-order valence-electron chi connectivity index (χ4n) is 2.70. The van der Waals surface area contributed by atoms with Crippen LogP contribution in [0.3, 0.4) is 0 Å². The molecular weight excluding hydrogens is 420 g/mol. The van der Waals surface area contributed by atoms with Crippen molar-refractivity contribution < 1.29 is 45.8 Å². The van der Waals surface area contributed by atoms with E-state index in [-0.39, 0.29) is 22.4 Å². The molecular formula is C19H15F6NO4. The van der Waals surface area contributed by atoms with Crippen LogP contribution in [0.15, 0.2) is 36.4 Å². The SMILES string of the molecule is COc1ccc(CC(=O)O)cc1-c1ccc(C(F)(F)F)cc1CNC(=O)C(F)(F)F. The molecule has 0 aliphatic carbocycles. The lowest BCUT2D eigenvalue weighted by Crippen LogP contribution is -2.36. The molecule has 30 heavy (non-hydrogen) atoms. The lowest BCUT2D eigenvalue weighted by atomic mass is 9.94. The van der Waals surface area contributed by atoms with Crippen LogP contribution in [0, 0.1) is 0 Å². The second-order valence-electron chi connectivity index (χ2n) is 6.16. The molecule has 0 radical (unpaired) electrons. The number of carboxylic acids is 1. The number of benzene rings is 2. The summed E-state index contributed by atoms with van der Waals surface area (Å²) in [4.78, 5) is 22.1. The fraction of sp³-hybridized carbons (Fsp3) is 0.263. The Balaban J connectivity index is 2.58. The van der Waals surface area contributed by atoms with Gasteiger partial charge in [0.05, 0.1) is 19.1 Å². The molecule has 2 aromatic rings. The number of halogens is 6. The predicted octanol–water partition coefficient (Wildman–Crippen LogP) is 4.19. The van der Waals surface area contributed by atoms with Gasteiger partial charge in [0.1, 0.15) is 5.75 Å². The number of carbonyl (C=O) groups is 2. The van der Waals surface area contributed by atoms with Crippen LogP contribution in [0.25, 0.3) is 11.1 Å². The zero-order chi connectivity index (χ0) is 22.7. The van der Waals surface area contributed by atoms with Crippen LogP contribution in [0.2, 0.25) is 0 Å². The molecule has 0 saturated carbocycles. The number of methoxy groups -OCH3 is 1. The molecule has 2 rings (SSSR count). The van der Waals surface area contributed by atoms with Crippen molar-refractivity contribution in [3.05, 3.63) is 53.1 Å². The monoisotopic (exact) mass is 435 g/mol. The van der Waals surface area contributed by atoms with Crippen molar-refractivity contribution in [3.8, 4) is 16.9 Å². The van der Waals surface area contributed by atoms with Gasteiger partial charge in [-0.25, -0.2) is 0 Å². The first-order valence-corrected chi connectivity index (χ1v) is 8.27. The Morgan fingerprint density at radius 3 is 2.20 bits per heavy atom. The average Bonchev–Trinajstić information content (AvgIpc) is 2.63. The molecule has 0 fully saturated rings. The molecule has 0 atom stereocenters. The maximum absolute atomic E-state index is 13.1. The number of alkyl halides is 6. The molecule has 1 amide bonds. The van der Waals surface area contributed by atoms with Gasteiger partial charge in [-0.1, -0.05) is 12.1 Å². The highest BCUT2D eigenvalue weighted by Crippen LogP contribution is 2.37. The fourth-order valence-corrected chi connectivity index (χ4v) is 2.70. The molecule has 0 aliphatic heterocycles. The van der Waals surface area contributed by atoms with Crippen LogP contribution < -0.4 is 10.1 Å². The number of hydrogen-bond donors (Lipinski definition) is 2. The Bertz CT molecular complexity index is 953. The minimum Gasteiger partial charge on any atom is -0.496 e. The van der Waals surface area contributed by atoms with Crippen LogP contribution >= 0.6 is 0 Å². The summed E-state index contributed by atoms with van der Waals surface area (Å²) in [6.45, 7) is -0.843. The third kappa shape index (κ3) is 5.65. The number of rotatable bonds is 6. The molecule has 2 N–H and O–H groups in total. The van der Waals surface area contributed by atoms with Crippen LogP contribution in [0.1, 0.15) is 16.7 Å². The van der Waals surface area contributed by atoms with Gasteiger partial charge in [-0.2, -0.15) is 26.3 Å². The van der Waals surface area contributed by atoms with Crippen LogP contribution in [-0.4, -0.2) is 30.3 Å². The largest absolute Gasteiger partial charge is 0.496 e. The highest BCUT2D eigenvalue weighted by molar-refractivity contribution is 5.82. The Hall–Kier alpha value is -3.24. The number of hydrogen-bond acceptors (Lipinski definition) is 3. The summed E-state index contributed by atoms with van der Waals surface area (Å²) in [5.41, 5.74) is -0.865. The first-order chi connectivity index (χ1) is 13.8. The van der Waals surface area contributed by atoms with Crippen molar-refractivity contribution in [2.24, 2.45) is 0 Å². The highest BCUT2D eigenvalue weighted by atomic mass is 19.4. The zero-order valence-electron chi connectivity index (χ0n) is 15.3. The predicted molar refractivity (Wildman–Crippen MR) is 92.7 cm³/mol. The number of carboxylic acid groups (broad SMARTS) is 1. The van der Waals surface area contributed by atoms with E-state index in [0.717, 1.165) is 12.1 Å². The summed E-state index contributed by atoms with van der Waals surface area (Å²) >= 11 is 0. The van der Waals surface area contributed by atoms with E-state index in [9.17, 15) is 35.9 Å². The van der Waals surface area contributed by atoms with Crippen molar-refractivity contribution in [1.82, 2.24) is 5.32 Å².